The van der Waals surface area contributed by atoms with Gasteiger partial charge in [0.25, 0.3) is 0 Å². The second-order valence-electron chi connectivity index (χ2n) is 6.40. The van der Waals surface area contributed by atoms with Gasteiger partial charge in [-0.3, -0.25) is 14.9 Å². The SMILES string of the molecule is CC(C)C1CCC(C(C)C)C(C(=O)NC=O)C1C. The van der Waals surface area contributed by atoms with Gasteiger partial charge in [0.2, 0.25) is 12.3 Å². The maximum Gasteiger partial charge on any atom is 0.230 e. The van der Waals surface area contributed by atoms with Gasteiger partial charge in [0.15, 0.2) is 0 Å². The number of rotatable bonds is 4. The molecule has 2 amide bonds. The monoisotopic (exact) mass is 253 g/mol. The quantitative estimate of drug-likeness (QED) is 0.783. The minimum absolute atomic E-state index is 0.0173. The van der Waals surface area contributed by atoms with Crippen LogP contribution in [0.1, 0.15) is 47.5 Å². The van der Waals surface area contributed by atoms with E-state index in [-0.39, 0.29) is 11.8 Å². The van der Waals surface area contributed by atoms with Crippen molar-refractivity contribution in [2.45, 2.75) is 47.5 Å². The summed E-state index contributed by atoms with van der Waals surface area (Å²) >= 11 is 0. The van der Waals surface area contributed by atoms with Gasteiger partial charge in [0, 0.05) is 5.92 Å². The van der Waals surface area contributed by atoms with E-state index in [9.17, 15) is 9.59 Å². The van der Waals surface area contributed by atoms with Crippen LogP contribution in [0.15, 0.2) is 0 Å². The summed E-state index contributed by atoms with van der Waals surface area (Å²) in [4.78, 5) is 22.7. The van der Waals surface area contributed by atoms with Crippen LogP contribution < -0.4 is 5.32 Å². The molecule has 3 nitrogen and oxygen atoms in total. The summed E-state index contributed by atoms with van der Waals surface area (Å²) in [6.07, 6.45) is 2.82. The average Bonchev–Trinajstić information content (AvgIpc) is 2.27. The number of nitrogens with one attached hydrogen (secondary N) is 1. The van der Waals surface area contributed by atoms with E-state index >= 15 is 0 Å². The molecule has 1 aliphatic carbocycles. The van der Waals surface area contributed by atoms with Gasteiger partial charge in [-0.25, -0.2) is 0 Å². The fourth-order valence-electron chi connectivity index (χ4n) is 3.76. The molecule has 0 saturated heterocycles. The number of hydrogen-bond donors (Lipinski definition) is 1. The Kier molecular flexibility index (Phi) is 5.36. The zero-order valence-electron chi connectivity index (χ0n) is 12.3. The Morgan fingerprint density at radius 1 is 1.11 bits per heavy atom. The molecule has 0 bridgehead atoms. The maximum absolute atomic E-state index is 12.1. The van der Waals surface area contributed by atoms with Gasteiger partial charge in [-0.2, -0.15) is 0 Å². The fraction of sp³-hybridized carbons (Fsp3) is 0.867. The van der Waals surface area contributed by atoms with Gasteiger partial charge in [-0.05, 0) is 42.4 Å². The maximum atomic E-state index is 12.1. The van der Waals surface area contributed by atoms with Crippen LogP contribution >= 0.6 is 0 Å². The highest BCUT2D eigenvalue weighted by molar-refractivity contribution is 5.88. The molecule has 0 radical (unpaired) electrons. The third-order valence-corrected chi connectivity index (χ3v) is 4.75. The van der Waals surface area contributed by atoms with Crippen LogP contribution in [0, 0.1) is 35.5 Å². The van der Waals surface area contributed by atoms with Gasteiger partial charge in [0.05, 0.1) is 0 Å². The van der Waals surface area contributed by atoms with Crippen LogP contribution in [0.2, 0.25) is 0 Å². The van der Waals surface area contributed by atoms with Gasteiger partial charge >= 0.3 is 0 Å². The summed E-state index contributed by atoms with van der Waals surface area (Å²) in [5, 5.41) is 2.37. The Balaban J connectivity index is 2.92. The second-order valence-corrected chi connectivity index (χ2v) is 6.40. The number of hydrogen-bond acceptors (Lipinski definition) is 2. The summed E-state index contributed by atoms with van der Waals surface area (Å²) in [5.41, 5.74) is 0. The molecule has 1 saturated carbocycles. The first-order valence-electron chi connectivity index (χ1n) is 7.14. The normalized spacial score (nSPS) is 32.6. The van der Waals surface area contributed by atoms with Crippen molar-refractivity contribution in [2.24, 2.45) is 35.5 Å². The van der Waals surface area contributed by atoms with Crippen molar-refractivity contribution in [3.05, 3.63) is 0 Å². The van der Waals surface area contributed by atoms with Crippen molar-refractivity contribution in [3.63, 3.8) is 0 Å². The molecule has 3 heteroatoms. The predicted octanol–water partition coefficient (Wildman–Crippen LogP) is 2.85. The first-order chi connectivity index (χ1) is 8.40. The zero-order valence-corrected chi connectivity index (χ0v) is 12.3. The Bertz CT molecular complexity index is 299. The van der Waals surface area contributed by atoms with Crippen molar-refractivity contribution in [3.8, 4) is 0 Å². The molecule has 1 aliphatic rings. The molecule has 104 valence electrons. The van der Waals surface area contributed by atoms with Gasteiger partial charge in [-0.1, -0.05) is 34.6 Å². The van der Waals surface area contributed by atoms with Crippen LogP contribution in [0.25, 0.3) is 0 Å². The molecule has 0 aromatic heterocycles. The lowest BCUT2D eigenvalue weighted by atomic mass is 9.61. The summed E-state index contributed by atoms with van der Waals surface area (Å²) < 4.78 is 0. The highest BCUT2D eigenvalue weighted by Crippen LogP contribution is 2.44. The molecule has 4 unspecified atom stereocenters. The summed E-state index contributed by atoms with van der Waals surface area (Å²) in [5.74, 6) is 2.32. The summed E-state index contributed by atoms with van der Waals surface area (Å²) in [6.45, 7) is 11.0. The topological polar surface area (TPSA) is 46.2 Å². The number of imide groups is 1. The van der Waals surface area contributed by atoms with E-state index in [1.54, 1.807) is 0 Å². The van der Waals surface area contributed by atoms with Crippen LogP contribution in [0.3, 0.4) is 0 Å². The Morgan fingerprint density at radius 2 is 1.61 bits per heavy atom. The van der Waals surface area contributed by atoms with Crippen molar-refractivity contribution in [1.29, 1.82) is 0 Å². The molecule has 0 heterocycles. The summed E-state index contributed by atoms with van der Waals surface area (Å²) in [7, 11) is 0. The Labute approximate surface area is 111 Å². The van der Waals surface area contributed by atoms with Crippen molar-refractivity contribution < 1.29 is 9.59 Å². The fourth-order valence-corrected chi connectivity index (χ4v) is 3.76. The molecule has 18 heavy (non-hydrogen) atoms. The number of carbonyl (C=O) groups is 2. The van der Waals surface area contributed by atoms with E-state index < -0.39 is 0 Å². The average molecular weight is 253 g/mol. The molecule has 4 atom stereocenters. The molecule has 1 N–H and O–H groups in total. The van der Waals surface area contributed by atoms with E-state index in [0.717, 1.165) is 6.42 Å². The van der Waals surface area contributed by atoms with Crippen LogP contribution in [-0.2, 0) is 9.59 Å². The molecule has 0 aromatic rings. The van der Waals surface area contributed by atoms with E-state index in [4.69, 9.17) is 0 Å². The van der Waals surface area contributed by atoms with Gasteiger partial charge < -0.3 is 0 Å². The highest BCUT2D eigenvalue weighted by atomic mass is 16.2. The molecular weight excluding hydrogens is 226 g/mol. The number of carbonyl (C=O) groups excluding carboxylic acids is 2. The lowest BCUT2D eigenvalue weighted by Gasteiger charge is -2.43. The van der Waals surface area contributed by atoms with Crippen molar-refractivity contribution in [2.75, 3.05) is 0 Å². The van der Waals surface area contributed by atoms with E-state index in [2.05, 4.69) is 39.9 Å². The van der Waals surface area contributed by atoms with Crippen LogP contribution in [0.5, 0.6) is 0 Å². The van der Waals surface area contributed by atoms with Crippen LogP contribution in [0.4, 0.5) is 0 Å². The largest absolute Gasteiger partial charge is 0.299 e. The van der Waals surface area contributed by atoms with E-state index in [1.807, 2.05) is 0 Å². The molecule has 0 aliphatic heterocycles. The smallest absolute Gasteiger partial charge is 0.230 e. The second kappa shape index (κ2) is 6.35. The third-order valence-electron chi connectivity index (χ3n) is 4.75. The molecule has 1 fully saturated rings. The molecule has 0 spiro atoms. The minimum Gasteiger partial charge on any atom is -0.299 e. The summed E-state index contributed by atoms with van der Waals surface area (Å²) in [6, 6.07) is 0. The molecule has 1 rings (SSSR count). The van der Waals surface area contributed by atoms with Crippen molar-refractivity contribution in [1.82, 2.24) is 5.32 Å². The lowest BCUT2D eigenvalue weighted by Crippen LogP contribution is -2.46. The van der Waals surface area contributed by atoms with Gasteiger partial charge in [-0.15, -0.1) is 0 Å². The predicted molar refractivity (Wildman–Crippen MR) is 72.8 cm³/mol. The van der Waals surface area contributed by atoms with E-state index in [1.165, 1.54) is 6.42 Å². The highest BCUT2D eigenvalue weighted by Gasteiger charge is 2.42. The van der Waals surface area contributed by atoms with Crippen molar-refractivity contribution >= 4 is 12.3 Å². The third kappa shape index (κ3) is 3.12. The Hall–Kier alpha value is -0.860. The number of amides is 2. The first-order valence-corrected chi connectivity index (χ1v) is 7.14. The van der Waals surface area contributed by atoms with Gasteiger partial charge in [0.1, 0.15) is 0 Å². The standard InChI is InChI=1S/C15H27NO2/c1-9(2)12-6-7-13(10(3)4)14(11(12)5)15(18)16-8-17/h8-14H,6-7H2,1-5H3,(H,16,17,18). The first kappa shape index (κ1) is 15.2. The Morgan fingerprint density at radius 3 is 2.06 bits per heavy atom. The zero-order chi connectivity index (χ0) is 13.9. The lowest BCUT2D eigenvalue weighted by molar-refractivity contribution is -0.135. The molecule has 0 aromatic carbocycles. The van der Waals surface area contributed by atoms with Crippen LogP contribution in [-0.4, -0.2) is 12.3 Å². The van der Waals surface area contributed by atoms with E-state index in [0.29, 0.717) is 36.0 Å². The minimum atomic E-state index is -0.0819. The molecular formula is C15H27NO2.